The Morgan fingerprint density at radius 2 is 1.92 bits per heavy atom. The fourth-order valence-corrected chi connectivity index (χ4v) is 2.24. The normalized spacial score (nSPS) is 11.4. The molecule has 2 rings (SSSR count). The third-order valence-corrected chi connectivity index (χ3v) is 3.59. The van der Waals surface area contributed by atoms with Crippen LogP contribution in [0.5, 0.6) is 5.75 Å². The highest BCUT2D eigenvalue weighted by atomic mass is 19.4. The number of amides is 1. The average molecular weight is 355 g/mol. The molecule has 0 atom stereocenters. The first-order valence-corrected chi connectivity index (χ1v) is 7.98. The molecule has 25 heavy (non-hydrogen) atoms. The third-order valence-electron chi connectivity index (χ3n) is 3.59. The molecular formula is C17H20F3N3O2. The number of hydrogen-bond acceptors (Lipinski definition) is 3. The lowest BCUT2D eigenvalue weighted by Gasteiger charge is -2.18. The van der Waals surface area contributed by atoms with Crippen LogP contribution < -0.4 is 9.64 Å². The van der Waals surface area contributed by atoms with Crippen LogP contribution >= 0.6 is 0 Å². The molecule has 0 aliphatic carbocycles. The third kappa shape index (κ3) is 4.98. The maximum absolute atomic E-state index is 13.0. The van der Waals surface area contributed by atoms with Gasteiger partial charge in [0, 0.05) is 19.7 Å². The first kappa shape index (κ1) is 18.8. The van der Waals surface area contributed by atoms with Crippen molar-refractivity contribution in [3.05, 3.63) is 42.1 Å². The number of carbonyl (C=O) groups excluding carboxylic acids is 1. The number of carbonyl (C=O) groups is 1. The van der Waals surface area contributed by atoms with Crippen LogP contribution in [0.25, 0.3) is 0 Å². The number of aromatic nitrogens is 2. The van der Waals surface area contributed by atoms with E-state index in [0.29, 0.717) is 18.7 Å². The lowest BCUT2D eigenvalue weighted by Crippen LogP contribution is -2.31. The van der Waals surface area contributed by atoms with E-state index in [2.05, 4.69) is 5.10 Å². The van der Waals surface area contributed by atoms with Crippen molar-refractivity contribution in [2.45, 2.75) is 38.9 Å². The van der Waals surface area contributed by atoms with Crippen LogP contribution in [-0.4, -0.2) is 22.9 Å². The Labute approximate surface area is 144 Å². The van der Waals surface area contributed by atoms with Gasteiger partial charge in [0.1, 0.15) is 11.6 Å². The summed E-state index contributed by atoms with van der Waals surface area (Å²) in [5.74, 6) is 0.358. The first-order chi connectivity index (χ1) is 11.8. The maximum atomic E-state index is 13.0. The van der Waals surface area contributed by atoms with E-state index in [-0.39, 0.29) is 5.82 Å². The molecule has 0 unspecified atom stereocenters. The molecule has 0 spiro atoms. The number of anilines is 1. The minimum absolute atomic E-state index is 0.0457. The second-order valence-corrected chi connectivity index (χ2v) is 5.56. The molecule has 0 fully saturated rings. The number of halogens is 3. The standard InChI is InChI=1S/C17H20F3N3O2/c1-3-4-8-11-23-15(12-14(21-23)17(18,19)20)22(2)16(24)25-13-9-6-5-7-10-13/h5-7,9-10,12H,3-4,8,11H2,1-2H3. The van der Waals surface area contributed by atoms with Crippen molar-refractivity contribution in [3.63, 3.8) is 0 Å². The van der Waals surface area contributed by atoms with Gasteiger partial charge in [0.05, 0.1) is 0 Å². The van der Waals surface area contributed by atoms with Gasteiger partial charge in [-0.2, -0.15) is 18.3 Å². The quantitative estimate of drug-likeness (QED) is 0.704. The molecule has 0 bridgehead atoms. The van der Waals surface area contributed by atoms with Gasteiger partial charge in [0.25, 0.3) is 0 Å². The molecule has 8 heteroatoms. The Kier molecular flexibility index (Phi) is 6.06. The number of alkyl halides is 3. The van der Waals surface area contributed by atoms with Gasteiger partial charge in [-0.25, -0.2) is 9.48 Å². The van der Waals surface area contributed by atoms with Gasteiger partial charge in [-0.15, -0.1) is 0 Å². The molecule has 0 aliphatic heterocycles. The number of hydrogen-bond donors (Lipinski definition) is 0. The predicted molar refractivity (Wildman–Crippen MR) is 87.6 cm³/mol. The van der Waals surface area contributed by atoms with E-state index in [4.69, 9.17) is 4.74 Å². The molecule has 5 nitrogen and oxygen atoms in total. The van der Waals surface area contributed by atoms with Crippen LogP contribution in [0.3, 0.4) is 0 Å². The van der Waals surface area contributed by atoms with Crippen molar-refractivity contribution in [2.75, 3.05) is 11.9 Å². The smallest absolute Gasteiger partial charge is 0.410 e. The fraction of sp³-hybridized carbons (Fsp3) is 0.412. The Bertz CT molecular complexity index is 699. The minimum atomic E-state index is -4.57. The van der Waals surface area contributed by atoms with Crippen LogP contribution in [0.15, 0.2) is 36.4 Å². The van der Waals surface area contributed by atoms with Crippen LogP contribution in [-0.2, 0) is 12.7 Å². The van der Waals surface area contributed by atoms with Gasteiger partial charge in [0.2, 0.25) is 0 Å². The van der Waals surface area contributed by atoms with Crippen molar-refractivity contribution < 1.29 is 22.7 Å². The Hall–Kier alpha value is -2.51. The summed E-state index contributed by atoms with van der Waals surface area (Å²) in [6, 6.07) is 9.19. The maximum Gasteiger partial charge on any atom is 0.435 e. The van der Waals surface area contributed by atoms with Crippen molar-refractivity contribution in [1.82, 2.24) is 9.78 Å². The zero-order chi connectivity index (χ0) is 18.4. The number of benzene rings is 1. The SMILES string of the molecule is CCCCCn1nc(C(F)(F)F)cc1N(C)C(=O)Oc1ccccc1. The van der Waals surface area contributed by atoms with Crippen molar-refractivity contribution in [1.29, 1.82) is 0 Å². The van der Waals surface area contributed by atoms with Crippen molar-refractivity contribution >= 4 is 11.9 Å². The molecule has 1 aromatic heterocycles. The molecule has 1 amide bonds. The molecule has 0 N–H and O–H groups in total. The number of nitrogens with zero attached hydrogens (tertiary/aromatic N) is 3. The molecule has 0 radical (unpaired) electrons. The lowest BCUT2D eigenvalue weighted by atomic mass is 10.2. The Morgan fingerprint density at radius 1 is 1.24 bits per heavy atom. The van der Waals surface area contributed by atoms with Gasteiger partial charge in [-0.3, -0.25) is 4.90 Å². The Balaban J connectivity index is 2.22. The summed E-state index contributed by atoms with van der Waals surface area (Å²) in [5.41, 5.74) is -1.03. The average Bonchev–Trinajstić information content (AvgIpc) is 3.00. The minimum Gasteiger partial charge on any atom is -0.410 e. The highest BCUT2D eigenvalue weighted by Gasteiger charge is 2.36. The largest absolute Gasteiger partial charge is 0.435 e. The highest BCUT2D eigenvalue weighted by molar-refractivity contribution is 5.87. The van der Waals surface area contributed by atoms with Gasteiger partial charge in [-0.05, 0) is 18.6 Å². The number of unbranched alkanes of at least 4 members (excludes halogenated alkanes) is 2. The summed E-state index contributed by atoms with van der Waals surface area (Å²) in [6.07, 6.45) is -2.90. The number of aryl methyl sites for hydroxylation is 1. The molecule has 1 aromatic carbocycles. The van der Waals surface area contributed by atoms with E-state index in [1.54, 1.807) is 30.3 Å². The molecule has 0 saturated carbocycles. The molecular weight excluding hydrogens is 335 g/mol. The van der Waals surface area contributed by atoms with Crippen molar-refractivity contribution in [2.24, 2.45) is 0 Å². The molecule has 0 saturated heterocycles. The molecule has 1 heterocycles. The summed E-state index contributed by atoms with van der Waals surface area (Å²) >= 11 is 0. The summed E-state index contributed by atoms with van der Waals surface area (Å²) in [6.45, 7) is 2.29. The van der Waals surface area contributed by atoms with E-state index in [1.807, 2.05) is 6.92 Å². The second-order valence-electron chi connectivity index (χ2n) is 5.56. The molecule has 2 aromatic rings. The highest BCUT2D eigenvalue weighted by Crippen LogP contribution is 2.31. The van der Waals surface area contributed by atoms with Gasteiger partial charge in [0.15, 0.2) is 5.69 Å². The van der Waals surface area contributed by atoms with E-state index < -0.39 is 18.0 Å². The van der Waals surface area contributed by atoms with E-state index >= 15 is 0 Å². The van der Waals surface area contributed by atoms with E-state index in [9.17, 15) is 18.0 Å². The van der Waals surface area contributed by atoms with E-state index in [1.165, 1.54) is 11.7 Å². The zero-order valence-corrected chi connectivity index (χ0v) is 14.1. The van der Waals surface area contributed by atoms with Gasteiger partial charge in [-0.1, -0.05) is 38.0 Å². The number of ether oxygens (including phenoxy) is 1. The lowest BCUT2D eigenvalue weighted by molar-refractivity contribution is -0.141. The molecule has 0 aliphatic rings. The summed E-state index contributed by atoms with van der Waals surface area (Å²) in [5, 5.41) is 3.61. The summed E-state index contributed by atoms with van der Waals surface area (Å²) in [7, 11) is 1.36. The van der Waals surface area contributed by atoms with Crippen LogP contribution in [0.1, 0.15) is 31.9 Å². The fourth-order valence-electron chi connectivity index (χ4n) is 2.24. The van der Waals surface area contributed by atoms with Crippen LogP contribution in [0.4, 0.5) is 23.8 Å². The first-order valence-electron chi connectivity index (χ1n) is 7.98. The summed E-state index contributed by atoms with van der Waals surface area (Å²) < 4.78 is 45.3. The Morgan fingerprint density at radius 3 is 2.52 bits per heavy atom. The topological polar surface area (TPSA) is 47.4 Å². The number of para-hydroxylation sites is 1. The van der Waals surface area contributed by atoms with E-state index in [0.717, 1.165) is 23.8 Å². The second kappa shape index (κ2) is 8.04. The van der Waals surface area contributed by atoms with Gasteiger partial charge >= 0.3 is 12.3 Å². The predicted octanol–water partition coefficient (Wildman–Crippen LogP) is 4.73. The summed E-state index contributed by atoms with van der Waals surface area (Å²) in [4.78, 5) is 13.3. The van der Waals surface area contributed by atoms with Gasteiger partial charge < -0.3 is 4.74 Å². The number of rotatable bonds is 6. The monoisotopic (exact) mass is 355 g/mol. The van der Waals surface area contributed by atoms with Crippen LogP contribution in [0.2, 0.25) is 0 Å². The molecule has 136 valence electrons. The van der Waals surface area contributed by atoms with Crippen molar-refractivity contribution in [3.8, 4) is 5.75 Å². The van der Waals surface area contributed by atoms with Crippen LogP contribution in [0, 0.1) is 0 Å². The zero-order valence-electron chi connectivity index (χ0n) is 14.1.